The van der Waals surface area contributed by atoms with Gasteiger partial charge in [0.15, 0.2) is 0 Å². The summed E-state index contributed by atoms with van der Waals surface area (Å²) in [5.41, 5.74) is -0.627. The SMILES string of the molecule is C[C@@H](c1ccc(NC(=O)[C@@H](NC(=O)C(F)(F)c2cccc(C#N)c2)C2CCCCCC2)c(F)c1)[C@@H](NC(=O)c1cnns1)C(=O)N1CCN(C)CC1. The van der Waals surface area contributed by atoms with Gasteiger partial charge in [-0.2, -0.15) is 14.0 Å². The van der Waals surface area contributed by atoms with Crippen LogP contribution in [0, 0.1) is 23.1 Å². The van der Waals surface area contributed by atoms with Crippen molar-refractivity contribution < 1.29 is 32.3 Å². The van der Waals surface area contributed by atoms with E-state index in [1.807, 2.05) is 7.05 Å². The number of amides is 4. The van der Waals surface area contributed by atoms with E-state index in [0.29, 0.717) is 44.6 Å². The van der Waals surface area contributed by atoms with Gasteiger partial charge in [0.1, 0.15) is 22.8 Å². The molecule has 2 aromatic carbocycles. The third-order valence-electron chi connectivity index (χ3n) is 9.81. The quantitative estimate of drug-likeness (QED) is 0.244. The molecule has 52 heavy (non-hydrogen) atoms. The molecule has 2 aliphatic rings. The topological polar surface area (TPSA) is 160 Å². The Kier molecular flexibility index (Phi) is 12.6. The van der Waals surface area contributed by atoms with Crippen molar-refractivity contribution in [2.75, 3.05) is 38.5 Å². The normalized spacial score (nSPS) is 17.6. The fourth-order valence-electron chi connectivity index (χ4n) is 6.61. The zero-order valence-corrected chi connectivity index (χ0v) is 29.7. The highest BCUT2D eigenvalue weighted by Gasteiger charge is 2.44. The van der Waals surface area contributed by atoms with Crippen LogP contribution >= 0.6 is 11.5 Å². The predicted octanol–water partition coefficient (Wildman–Crippen LogP) is 4.41. The van der Waals surface area contributed by atoms with E-state index in [9.17, 15) is 19.2 Å². The zero-order chi connectivity index (χ0) is 37.4. The number of hydrogen-bond donors (Lipinski definition) is 3. The third kappa shape index (κ3) is 9.12. The highest BCUT2D eigenvalue weighted by Crippen LogP contribution is 2.32. The average Bonchev–Trinajstić information content (AvgIpc) is 3.56. The summed E-state index contributed by atoms with van der Waals surface area (Å²) in [4.78, 5) is 57.5. The van der Waals surface area contributed by atoms with Gasteiger partial charge >= 0.3 is 5.92 Å². The Morgan fingerprint density at radius 2 is 1.71 bits per heavy atom. The number of carbonyl (C=O) groups excluding carboxylic acids is 4. The summed E-state index contributed by atoms with van der Waals surface area (Å²) in [5, 5.41) is 20.4. The monoisotopic (exact) mass is 738 g/mol. The maximum Gasteiger partial charge on any atom is 0.349 e. The molecule has 0 bridgehead atoms. The first-order valence-electron chi connectivity index (χ1n) is 17.2. The second-order valence-corrected chi connectivity index (χ2v) is 14.1. The maximum atomic E-state index is 15.8. The molecule has 16 heteroatoms. The second kappa shape index (κ2) is 17.1. The number of benzene rings is 2. The van der Waals surface area contributed by atoms with Crippen LogP contribution in [0.1, 0.15) is 77.7 Å². The number of nitrogens with one attached hydrogen (secondary N) is 3. The van der Waals surface area contributed by atoms with Gasteiger partial charge in [0.2, 0.25) is 11.8 Å². The summed E-state index contributed by atoms with van der Waals surface area (Å²) < 4.78 is 50.3. The highest BCUT2D eigenvalue weighted by atomic mass is 32.1. The van der Waals surface area contributed by atoms with Crippen molar-refractivity contribution in [2.24, 2.45) is 5.92 Å². The molecule has 1 aromatic heterocycles. The summed E-state index contributed by atoms with van der Waals surface area (Å²) in [7, 11) is 1.95. The molecule has 2 heterocycles. The summed E-state index contributed by atoms with van der Waals surface area (Å²) >= 11 is 0.872. The van der Waals surface area contributed by atoms with Crippen molar-refractivity contribution in [2.45, 2.75) is 69.4 Å². The van der Waals surface area contributed by atoms with Gasteiger partial charge in [0.05, 0.1) is 23.5 Å². The van der Waals surface area contributed by atoms with Crippen LogP contribution in [0.25, 0.3) is 0 Å². The Balaban J connectivity index is 1.36. The molecular weight excluding hydrogens is 698 g/mol. The summed E-state index contributed by atoms with van der Waals surface area (Å²) in [6.07, 6.45) is 5.54. The number of rotatable bonds is 11. The van der Waals surface area contributed by atoms with Gasteiger partial charge < -0.3 is 25.8 Å². The number of anilines is 1. The van der Waals surface area contributed by atoms with Crippen LogP contribution < -0.4 is 16.0 Å². The van der Waals surface area contributed by atoms with Gasteiger partial charge in [-0.25, -0.2) is 4.39 Å². The highest BCUT2D eigenvalue weighted by molar-refractivity contribution is 7.07. The van der Waals surface area contributed by atoms with E-state index in [-0.39, 0.29) is 22.0 Å². The first-order chi connectivity index (χ1) is 24.9. The van der Waals surface area contributed by atoms with E-state index in [0.717, 1.165) is 55.4 Å². The Hall–Kier alpha value is -4.88. The van der Waals surface area contributed by atoms with Gasteiger partial charge in [-0.05, 0) is 67.2 Å². The van der Waals surface area contributed by atoms with Crippen molar-refractivity contribution in [3.8, 4) is 6.07 Å². The van der Waals surface area contributed by atoms with E-state index in [4.69, 9.17) is 5.26 Å². The molecule has 2 fully saturated rings. The van der Waals surface area contributed by atoms with Crippen molar-refractivity contribution in [3.63, 3.8) is 0 Å². The van der Waals surface area contributed by atoms with Crippen LogP contribution in [-0.2, 0) is 20.3 Å². The fourth-order valence-corrected chi connectivity index (χ4v) is 7.03. The molecule has 5 rings (SSSR count). The van der Waals surface area contributed by atoms with E-state index >= 15 is 13.2 Å². The summed E-state index contributed by atoms with van der Waals surface area (Å²) in [5.74, 6) is -9.53. The minimum absolute atomic E-state index is 0.0502. The van der Waals surface area contributed by atoms with E-state index in [1.54, 1.807) is 17.9 Å². The van der Waals surface area contributed by atoms with Crippen LogP contribution in [0.2, 0.25) is 0 Å². The van der Waals surface area contributed by atoms with Gasteiger partial charge in [-0.3, -0.25) is 19.2 Å². The molecule has 0 radical (unpaired) electrons. The smallest absolute Gasteiger partial charge is 0.339 e. The van der Waals surface area contributed by atoms with Crippen LogP contribution in [-0.4, -0.2) is 88.3 Å². The Morgan fingerprint density at radius 3 is 2.35 bits per heavy atom. The number of nitrogens with zero attached hydrogens (tertiary/aromatic N) is 5. The number of hydrogen-bond acceptors (Lipinski definition) is 9. The van der Waals surface area contributed by atoms with E-state index < -0.39 is 58.9 Å². The predicted molar refractivity (Wildman–Crippen MR) is 187 cm³/mol. The van der Waals surface area contributed by atoms with E-state index in [1.165, 1.54) is 30.5 Å². The number of carbonyl (C=O) groups is 4. The Bertz CT molecular complexity index is 1790. The third-order valence-corrected chi connectivity index (χ3v) is 10.5. The number of nitriles is 1. The molecule has 3 N–H and O–H groups in total. The van der Waals surface area contributed by atoms with Crippen molar-refractivity contribution in [1.29, 1.82) is 5.26 Å². The first-order valence-corrected chi connectivity index (χ1v) is 18.0. The van der Waals surface area contributed by atoms with Gasteiger partial charge in [0, 0.05) is 37.7 Å². The number of aromatic nitrogens is 2. The second-order valence-electron chi connectivity index (χ2n) is 13.3. The molecule has 1 saturated carbocycles. The summed E-state index contributed by atoms with van der Waals surface area (Å²) in [6, 6.07) is 7.82. The molecule has 4 amide bonds. The first kappa shape index (κ1) is 38.4. The van der Waals surface area contributed by atoms with Crippen molar-refractivity contribution in [3.05, 3.63) is 76.0 Å². The molecule has 3 aromatic rings. The molecule has 0 spiro atoms. The standard InChI is InChI=1S/C36H41F3N8O4S/c1-22(30(43-32(48)29-21-41-45-52-29)34(50)47-16-14-46(2)15-17-47)25-12-13-28(27(37)19-25)42-33(49)31(24-9-5-3-4-6-10-24)44-35(51)36(38,39)26-11-7-8-23(18-26)20-40/h7-8,11-13,18-19,21-22,24,30-31H,3-6,9-10,14-17H2,1-2H3,(H,42,49)(H,43,48)(H,44,51)/t22-,30+,31-/m0/s1. The van der Waals surface area contributed by atoms with Crippen molar-refractivity contribution >= 4 is 40.8 Å². The largest absolute Gasteiger partial charge is 0.349 e. The molecular formula is C36H41F3N8O4S. The molecule has 1 saturated heterocycles. The molecule has 3 atom stereocenters. The summed E-state index contributed by atoms with van der Waals surface area (Å²) in [6.45, 7) is 3.88. The Labute approximate surface area is 303 Å². The van der Waals surface area contributed by atoms with E-state index in [2.05, 4.69) is 30.4 Å². The fraction of sp³-hybridized carbons (Fsp3) is 0.472. The van der Waals surface area contributed by atoms with Crippen LogP contribution in [0.5, 0.6) is 0 Å². The van der Waals surface area contributed by atoms with Crippen molar-refractivity contribution in [1.82, 2.24) is 30.0 Å². The van der Waals surface area contributed by atoms with Gasteiger partial charge in [-0.1, -0.05) is 55.3 Å². The minimum Gasteiger partial charge on any atom is -0.339 e. The molecule has 1 aliphatic heterocycles. The molecule has 12 nitrogen and oxygen atoms in total. The van der Waals surface area contributed by atoms with Crippen LogP contribution in [0.15, 0.2) is 48.7 Å². The minimum atomic E-state index is -4.05. The lowest BCUT2D eigenvalue weighted by Crippen LogP contribution is -2.55. The Morgan fingerprint density at radius 1 is 1.00 bits per heavy atom. The lowest BCUT2D eigenvalue weighted by molar-refractivity contribution is -0.149. The maximum absolute atomic E-state index is 15.8. The molecule has 0 unspecified atom stereocenters. The molecule has 1 aliphatic carbocycles. The number of piperazine rings is 1. The van der Waals surface area contributed by atoms with Gasteiger partial charge in [0.25, 0.3) is 11.8 Å². The molecule has 276 valence electrons. The lowest BCUT2D eigenvalue weighted by atomic mass is 9.90. The van der Waals surface area contributed by atoms with Crippen LogP contribution in [0.3, 0.4) is 0 Å². The number of likely N-dealkylation sites (N-methyl/N-ethyl adjacent to an activating group) is 1. The number of halogens is 3. The number of alkyl halides is 2. The van der Waals surface area contributed by atoms with Gasteiger partial charge in [-0.15, -0.1) is 5.10 Å². The van der Waals surface area contributed by atoms with Crippen LogP contribution in [0.4, 0.5) is 18.9 Å². The lowest BCUT2D eigenvalue weighted by Gasteiger charge is -2.36. The average molecular weight is 739 g/mol. The zero-order valence-electron chi connectivity index (χ0n) is 28.9.